The maximum absolute atomic E-state index is 12.0. The molecule has 1 aliphatic heterocycles. The molecule has 1 atom stereocenters. The number of carbonyl (C=O) groups is 2. The Labute approximate surface area is 99.6 Å². The van der Waals surface area contributed by atoms with Gasteiger partial charge >= 0.3 is 6.03 Å². The normalized spacial score (nSPS) is 19.5. The Hall–Kier alpha value is -2.04. The molecule has 1 aromatic rings. The van der Waals surface area contributed by atoms with Crippen molar-refractivity contribution in [2.75, 3.05) is 11.4 Å². The smallest absolute Gasteiger partial charge is 0.312 e. The Morgan fingerprint density at radius 1 is 1.41 bits per heavy atom. The van der Waals surface area contributed by atoms with Crippen LogP contribution >= 0.6 is 0 Å². The van der Waals surface area contributed by atoms with Crippen molar-refractivity contribution in [1.82, 2.24) is 5.32 Å². The first-order valence-electron chi connectivity index (χ1n) is 5.52. The Kier molecular flexibility index (Phi) is 2.99. The number of nitrogens with zero attached hydrogens (tertiary/aromatic N) is 1. The van der Waals surface area contributed by atoms with Gasteiger partial charge in [0, 0.05) is 12.2 Å². The van der Waals surface area contributed by atoms with Gasteiger partial charge in [0.2, 0.25) is 5.91 Å². The molecule has 5 nitrogen and oxygen atoms in total. The molecule has 0 aliphatic carbocycles. The van der Waals surface area contributed by atoms with E-state index in [0.29, 0.717) is 13.0 Å². The average molecular weight is 233 g/mol. The highest BCUT2D eigenvalue weighted by atomic mass is 16.2. The summed E-state index contributed by atoms with van der Waals surface area (Å²) in [5.41, 5.74) is 7.02. The molecule has 1 fully saturated rings. The number of nitrogens with one attached hydrogen (secondary N) is 1. The number of benzene rings is 1. The van der Waals surface area contributed by atoms with Gasteiger partial charge in [-0.15, -0.1) is 0 Å². The predicted molar refractivity (Wildman–Crippen MR) is 64.7 cm³/mol. The second-order valence-corrected chi connectivity index (χ2v) is 4.18. The molecule has 1 aliphatic rings. The summed E-state index contributed by atoms with van der Waals surface area (Å²) in [5, 5.41) is 2.45. The predicted octanol–water partition coefficient (Wildman–Crippen LogP) is 0.769. The van der Waals surface area contributed by atoms with Crippen LogP contribution in [0.4, 0.5) is 10.5 Å². The Morgan fingerprint density at radius 3 is 2.65 bits per heavy atom. The summed E-state index contributed by atoms with van der Waals surface area (Å²) in [6.45, 7) is 2.60. The van der Waals surface area contributed by atoms with Gasteiger partial charge in [-0.3, -0.25) is 4.79 Å². The maximum atomic E-state index is 12.0. The van der Waals surface area contributed by atoms with E-state index in [1.54, 1.807) is 4.90 Å². The van der Waals surface area contributed by atoms with E-state index in [2.05, 4.69) is 5.32 Å². The van der Waals surface area contributed by atoms with Crippen LogP contribution in [0, 0.1) is 6.92 Å². The van der Waals surface area contributed by atoms with Crippen molar-refractivity contribution in [3.63, 3.8) is 0 Å². The van der Waals surface area contributed by atoms with Crippen molar-refractivity contribution in [1.29, 1.82) is 0 Å². The number of hydrogen-bond acceptors (Lipinski definition) is 2. The van der Waals surface area contributed by atoms with Crippen molar-refractivity contribution < 1.29 is 9.59 Å². The molecular weight excluding hydrogens is 218 g/mol. The summed E-state index contributed by atoms with van der Waals surface area (Å²) in [6.07, 6.45) is 0.593. The van der Waals surface area contributed by atoms with Crippen LogP contribution < -0.4 is 16.0 Å². The average Bonchev–Trinajstić information content (AvgIpc) is 2.61. The number of urea groups is 1. The van der Waals surface area contributed by atoms with Crippen molar-refractivity contribution >= 4 is 17.6 Å². The molecule has 5 heteroatoms. The third kappa shape index (κ3) is 2.38. The molecule has 2 rings (SSSR count). The molecule has 0 spiro atoms. The molecule has 1 saturated heterocycles. The van der Waals surface area contributed by atoms with Crippen LogP contribution in [-0.2, 0) is 4.79 Å². The summed E-state index contributed by atoms with van der Waals surface area (Å²) in [6, 6.07) is 6.57. The topological polar surface area (TPSA) is 75.4 Å². The van der Waals surface area contributed by atoms with Gasteiger partial charge in [0.25, 0.3) is 0 Å². The lowest BCUT2D eigenvalue weighted by atomic mass is 10.2. The first kappa shape index (κ1) is 11.4. The summed E-state index contributed by atoms with van der Waals surface area (Å²) >= 11 is 0. The molecule has 0 aromatic heterocycles. The second kappa shape index (κ2) is 4.45. The molecule has 1 aromatic carbocycles. The number of aryl methyl sites for hydroxylation is 1. The van der Waals surface area contributed by atoms with Crippen LogP contribution in [0.5, 0.6) is 0 Å². The van der Waals surface area contributed by atoms with E-state index in [-0.39, 0.29) is 5.91 Å². The highest BCUT2D eigenvalue weighted by molar-refractivity contribution is 6.01. The molecule has 0 bridgehead atoms. The zero-order chi connectivity index (χ0) is 12.4. The van der Waals surface area contributed by atoms with Gasteiger partial charge in [-0.1, -0.05) is 17.7 Å². The minimum Gasteiger partial charge on any atom is -0.352 e. The number of amides is 3. The van der Waals surface area contributed by atoms with E-state index in [1.165, 1.54) is 0 Å². The Balaban J connectivity index is 2.12. The summed E-state index contributed by atoms with van der Waals surface area (Å²) in [4.78, 5) is 24.4. The van der Waals surface area contributed by atoms with E-state index in [0.717, 1.165) is 11.3 Å². The maximum Gasteiger partial charge on any atom is 0.312 e. The summed E-state index contributed by atoms with van der Waals surface area (Å²) in [5.74, 6) is -0.104. The molecule has 90 valence electrons. The zero-order valence-corrected chi connectivity index (χ0v) is 9.64. The Bertz CT molecular complexity index is 442. The molecule has 0 saturated carbocycles. The monoisotopic (exact) mass is 233 g/mol. The highest BCUT2D eigenvalue weighted by Gasteiger charge is 2.32. The lowest BCUT2D eigenvalue weighted by molar-refractivity contribution is -0.118. The third-order valence-corrected chi connectivity index (χ3v) is 2.87. The quantitative estimate of drug-likeness (QED) is 0.791. The van der Waals surface area contributed by atoms with Crippen LogP contribution in [0.1, 0.15) is 12.0 Å². The van der Waals surface area contributed by atoms with Gasteiger partial charge in [-0.25, -0.2) is 4.79 Å². The van der Waals surface area contributed by atoms with E-state index in [9.17, 15) is 9.59 Å². The largest absolute Gasteiger partial charge is 0.352 e. The van der Waals surface area contributed by atoms with Gasteiger partial charge in [0.05, 0.1) is 0 Å². The van der Waals surface area contributed by atoms with Crippen molar-refractivity contribution in [3.8, 4) is 0 Å². The van der Waals surface area contributed by atoms with Crippen LogP contribution in [-0.4, -0.2) is 24.5 Å². The van der Waals surface area contributed by atoms with E-state index >= 15 is 0 Å². The molecular formula is C12H15N3O2. The van der Waals surface area contributed by atoms with Gasteiger partial charge < -0.3 is 16.0 Å². The van der Waals surface area contributed by atoms with Crippen LogP contribution in [0.15, 0.2) is 24.3 Å². The second-order valence-electron chi connectivity index (χ2n) is 4.18. The summed E-state index contributed by atoms with van der Waals surface area (Å²) in [7, 11) is 0. The minimum absolute atomic E-state index is 0.104. The van der Waals surface area contributed by atoms with E-state index < -0.39 is 12.1 Å². The fourth-order valence-electron chi connectivity index (χ4n) is 1.97. The fourth-order valence-corrected chi connectivity index (χ4v) is 1.97. The standard InChI is InChI=1S/C12H15N3O2/c1-8-2-4-9(5-3-8)15-7-6-10(11(15)16)14-12(13)17/h2-5,10H,6-7H2,1H3,(H3,13,14,17). The number of nitrogens with two attached hydrogens (primary N) is 1. The van der Waals surface area contributed by atoms with Crippen molar-refractivity contribution in [2.45, 2.75) is 19.4 Å². The van der Waals surface area contributed by atoms with Crippen LogP contribution in [0.25, 0.3) is 0 Å². The number of hydrogen-bond donors (Lipinski definition) is 2. The zero-order valence-electron chi connectivity index (χ0n) is 9.64. The molecule has 1 heterocycles. The first-order chi connectivity index (χ1) is 8.08. The van der Waals surface area contributed by atoms with Gasteiger partial charge in [0.15, 0.2) is 0 Å². The lowest BCUT2D eigenvalue weighted by Crippen LogP contribution is -2.43. The van der Waals surface area contributed by atoms with Gasteiger partial charge in [-0.05, 0) is 25.5 Å². The minimum atomic E-state index is -0.658. The highest BCUT2D eigenvalue weighted by Crippen LogP contribution is 2.21. The van der Waals surface area contributed by atoms with Crippen molar-refractivity contribution in [2.24, 2.45) is 5.73 Å². The Morgan fingerprint density at radius 2 is 2.06 bits per heavy atom. The van der Waals surface area contributed by atoms with Gasteiger partial charge in [-0.2, -0.15) is 0 Å². The number of rotatable bonds is 2. The molecule has 0 radical (unpaired) electrons. The SMILES string of the molecule is Cc1ccc(N2CCC(NC(N)=O)C2=O)cc1. The molecule has 17 heavy (non-hydrogen) atoms. The molecule has 3 N–H and O–H groups in total. The lowest BCUT2D eigenvalue weighted by Gasteiger charge is -2.17. The number of carbonyl (C=O) groups excluding carboxylic acids is 2. The van der Waals surface area contributed by atoms with Gasteiger partial charge in [0.1, 0.15) is 6.04 Å². The number of anilines is 1. The van der Waals surface area contributed by atoms with Crippen LogP contribution in [0.3, 0.4) is 0 Å². The fraction of sp³-hybridized carbons (Fsp3) is 0.333. The van der Waals surface area contributed by atoms with E-state index in [4.69, 9.17) is 5.73 Å². The molecule has 1 unspecified atom stereocenters. The molecule has 3 amide bonds. The van der Waals surface area contributed by atoms with Crippen molar-refractivity contribution in [3.05, 3.63) is 29.8 Å². The third-order valence-electron chi connectivity index (χ3n) is 2.87. The first-order valence-corrected chi connectivity index (χ1v) is 5.52. The van der Waals surface area contributed by atoms with E-state index in [1.807, 2.05) is 31.2 Å². The number of primary amides is 1. The summed E-state index contributed by atoms with van der Waals surface area (Å²) < 4.78 is 0. The van der Waals surface area contributed by atoms with Crippen LogP contribution in [0.2, 0.25) is 0 Å².